The second kappa shape index (κ2) is 12.2. The lowest BCUT2D eigenvalue weighted by Gasteiger charge is -2.37. The lowest BCUT2D eigenvalue weighted by molar-refractivity contribution is -0.148. The monoisotopic (exact) mass is 558 g/mol. The van der Waals surface area contributed by atoms with Crippen LogP contribution in [-0.4, -0.2) is 32.2 Å². The minimum atomic E-state index is -0.811. The first kappa shape index (κ1) is 25.8. The number of rotatable bonds is 10. The Hall–Kier alpha value is -2.80. The molecule has 4 aromatic rings. The van der Waals surface area contributed by atoms with E-state index in [1.807, 2.05) is 30.3 Å². The highest BCUT2D eigenvalue weighted by Crippen LogP contribution is 2.41. The molecule has 0 radical (unpaired) electrons. The van der Waals surface area contributed by atoms with Crippen LogP contribution in [0.1, 0.15) is 28.7 Å². The van der Waals surface area contributed by atoms with Crippen molar-refractivity contribution in [2.45, 2.75) is 37.1 Å². The quantitative estimate of drug-likeness (QED) is 0.194. The summed E-state index contributed by atoms with van der Waals surface area (Å²) in [4.78, 5) is 0. The Morgan fingerprint density at radius 2 is 1.27 bits per heavy atom. The Morgan fingerprint density at radius 3 is 1.76 bits per heavy atom. The topological polar surface area (TPSA) is 36.9 Å². The van der Waals surface area contributed by atoms with Gasteiger partial charge < -0.3 is 18.9 Å². The van der Waals surface area contributed by atoms with Gasteiger partial charge in [0.2, 0.25) is 0 Å². The molecule has 1 aliphatic rings. The number of hydrogen-bond donors (Lipinski definition) is 0. The first-order chi connectivity index (χ1) is 18.2. The van der Waals surface area contributed by atoms with Crippen molar-refractivity contribution in [1.82, 2.24) is 0 Å². The number of ether oxygens (including phenoxy) is 4. The predicted octanol–water partition coefficient (Wildman–Crippen LogP) is 7.10. The standard InChI is InChI=1S/C32H31BrO4/c1-34-31-21-29(35-22-24-17-19-28(33)20-18-24)30(37-31)23-36-32(25-11-5-2-6-12-25,26-13-7-3-8-14-26)27-15-9-4-10-16-27/h2-20,29-31H,21-23H2,1H3. The van der Waals surface area contributed by atoms with Gasteiger partial charge in [-0.1, -0.05) is 119 Å². The molecule has 0 amide bonds. The molecule has 0 bridgehead atoms. The molecule has 37 heavy (non-hydrogen) atoms. The molecule has 1 aliphatic heterocycles. The van der Waals surface area contributed by atoms with E-state index in [9.17, 15) is 0 Å². The summed E-state index contributed by atoms with van der Waals surface area (Å²) in [7, 11) is 1.67. The van der Waals surface area contributed by atoms with Gasteiger partial charge in [0, 0.05) is 18.0 Å². The van der Waals surface area contributed by atoms with Crippen molar-refractivity contribution < 1.29 is 18.9 Å². The summed E-state index contributed by atoms with van der Waals surface area (Å²) < 4.78 is 26.2. The van der Waals surface area contributed by atoms with E-state index < -0.39 is 5.60 Å². The van der Waals surface area contributed by atoms with Crippen LogP contribution in [0.2, 0.25) is 0 Å². The highest BCUT2D eigenvalue weighted by Gasteiger charge is 2.42. The summed E-state index contributed by atoms with van der Waals surface area (Å²) in [6.07, 6.45) is -0.122. The fraction of sp³-hybridized carbons (Fsp3) is 0.250. The first-order valence-electron chi connectivity index (χ1n) is 12.5. The van der Waals surface area contributed by atoms with Crippen LogP contribution >= 0.6 is 15.9 Å². The lowest BCUT2D eigenvalue weighted by Crippen LogP contribution is -2.38. The van der Waals surface area contributed by atoms with Gasteiger partial charge in [-0.25, -0.2) is 0 Å². The number of hydrogen-bond acceptors (Lipinski definition) is 4. The van der Waals surface area contributed by atoms with Gasteiger partial charge in [-0.2, -0.15) is 0 Å². The largest absolute Gasteiger partial charge is 0.371 e. The van der Waals surface area contributed by atoms with Crippen LogP contribution < -0.4 is 0 Å². The SMILES string of the molecule is COC1CC(OCc2ccc(Br)cc2)C(COC(c2ccccc2)(c2ccccc2)c2ccccc2)O1. The molecule has 3 atom stereocenters. The van der Waals surface area contributed by atoms with Crippen LogP contribution in [0.3, 0.4) is 0 Å². The van der Waals surface area contributed by atoms with Crippen molar-refractivity contribution >= 4 is 15.9 Å². The van der Waals surface area contributed by atoms with Gasteiger partial charge in [-0.05, 0) is 34.4 Å². The van der Waals surface area contributed by atoms with Gasteiger partial charge in [0.05, 0.1) is 19.3 Å². The molecular weight excluding hydrogens is 528 g/mol. The van der Waals surface area contributed by atoms with E-state index in [4.69, 9.17) is 18.9 Å². The Morgan fingerprint density at radius 1 is 0.757 bits per heavy atom. The van der Waals surface area contributed by atoms with Gasteiger partial charge in [-0.3, -0.25) is 0 Å². The van der Waals surface area contributed by atoms with Gasteiger partial charge >= 0.3 is 0 Å². The normalized spacial score (nSPS) is 19.7. The summed E-state index contributed by atoms with van der Waals surface area (Å²) in [6.45, 7) is 0.832. The first-order valence-corrected chi connectivity index (χ1v) is 13.3. The molecule has 0 aromatic heterocycles. The number of halogens is 1. The Bertz CT molecular complexity index is 1140. The zero-order valence-corrected chi connectivity index (χ0v) is 22.4. The summed E-state index contributed by atoms with van der Waals surface area (Å²) >= 11 is 3.49. The van der Waals surface area contributed by atoms with E-state index >= 15 is 0 Å². The Balaban J connectivity index is 1.45. The second-order valence-corrected chi connectivity index (χ2v) is 10.1. The van der Waals surface area contributed by atoms with Crippen molar-refractivity contribution in [3.05, 3.63) is 142 Å². The average Bonchev–Trinajstić information content (AvgIpc) is 3.37. The minimum absolute atomic E-state index is 0.159. The van der Waals surface area contributed by atoms with Gasteiger partial charge in [0.1, 0.15) is 11.7 Å². The highest BCUT2D eigenvalue weighted by atomic mass is 79.9. The minimum Gasteiger partial charge on any atom is -0.371 e. The van der Waals surface area contributed by atoms with Crippen LogP contribution in [0.25, 0.3) is 0 Å². The summed E-state index contributed by atoms with van der Waals surface area (Å²) in [6, 6.07) is 39.3. The maximum absolute atomic E-state index is 7.00. The fourth-order valence-electron chi connectivity index (χ4n) is 4.91. The third-order valence-electron chi connectivity index (χ3n) is 6.81. The maximum atomic E-state index is 7.00. The van der Waals surface area contributed by atoms with Crippen molar-refractivity contribution in [2.75, 3.05) is 13.7 Å². The summed E-state index contributed by atoms with van der Waals surface area (Å²) in [5, 5.41) is 0. The predicted molar refractivity (Wildman–Crippen MR) is 148 cm³/mol. The molecule has 0 spiro atoms. The van der Waals surface area contributed by atoms with Gasteiger partial charge in [-0.15, -0.1) is 0 Å². The highest BCUT2D eigenvalue weighted by molar-refractivity contribution is 9.10. The molecular formula is C32H31BrO4. The van der Waals surface area contributed by atoms with Gasteiger partial charge in [0.15, 0.2) is 6.29 Å². The molecule has 0 N–H and O–H groups in total. The number of benzene rings is 4. The molecule has 5 heteroatoms. The molecule has 4 nitrogen and oxygen atoms in total. The molecule has 1 heterocycles. The molecule has 5 rings (SSSR count). The molecule has 0 aliphatic carbocycles. The van der Waals surface area contributed by atoms with E-state index in [0.29, 0.717) is 19.6 Å². The Kier molecular flexibility index (Phi) is 8.49. The van der Waals surface area contributed by atoms with Crippen molar-refractivity contribution in [1.29, 1.82) is 0 Å². The lowest BCUT2D eigenvalue weighted by atomic mass is 9.80. The number of methoxy groups -OCH3 is 1. The molecule has 4 aromatic carbocycles. The summed E-state index contributed by atoms with van der Waals surface area (Å²) in [5.41, 5.74) is 3.47. The molecule has 1 saturated heterocycles. The van der Waals surface area contributed by atoms with E-state index in [1.165, 1.54) is 0 Å². The van der Waals surface area contributed by atoms with E-state index in [2.05, 4.69) is 101 Å². The third-order valence-corrected chi connectivity index (χ3v) is 7.34. The van der Waals surface area contributed by atoms with Crippen LogP contribution in [-0.2, 0) is 31.2 Å². The van der Waals surface area contributed by atoms with E-state index in [-0.39, 0.29) is 18.5 Å². The van der Waals surface area contributed by atoms with Gasteiger partial charge in [0.25, 0.3) is 0 Å². The van der Waals surface area contributed by atoms with Crippen LogP contribution in [0, 0.1) is 0 Å². The smallest absolute Gasteiger partial charge is 0.160 e. The van der Waals surface area contributed by atoms with Crippen LogP contribution in [0.15, 0.2) is 120 Å². The fourth-order valence-corrected chi connectivity index (χ4v) is 5.18. The van der Waals surface area contributed by atoms with Crippen molar-refractivity contribution in [3.63, 3.8) is 0 Å². The van der Waals surface area contributed by atoms with E-state index in [0.717, 1.165) is 26.7 Å². The van der Waals surface area contributed by atoms with Crippen LogP contribution in [0.5, 0.6) is 0 Å². The zero-order valence-electron chi connectivity index (χ0n) is 20.8. The molecule has 190 valence electrons. The van der Waals surface area contributed by atoms with Crippen LogP contribution in [0.4, 0.5) is 0 Å². The molecule has 1 fully saturated rings. The molecule has 3 unspecified atom stereocenters. The Labute approximate surface area is 227 Å². The maximum Gasteiger partial charge on any atom is 0.160 e. The molecule has 0 saturated carbocycles. The zero-order chi connectivity index (χ0) is 25.5. The third kappa shape index (κ3) is 5.87. The van der Waals surface area contributed by atoms with Crippen molar-refractivity contribution in [3.8, 4) is 0 Å². The second-order valence-electron chi connectivity index (χ2n) is 9.14. The van der Waals surface area contributed by atoms with E-state index in [1.54, 1.807) is 7.11 Å². The average molecular weight is 560 g/mol. The van der Waals surface area contributed by atoms with Crippen molar-refractivity contribution in [2.24, 2.45) is 0 Å². The summed E-state index contributed by atoms with van der Waals surface area (Å²) in [5.74, 6) is 0.